The molecule has 9 heteroatoms. The lowest BCUT2D eigenvalue weighted by Crippen LogP contribution is -2.24. The highest BCUT2D eigenvalue weighted by Crippen LogP contribution is 2.32. The molecule has 0 spiro atoms. The Morgan fingerprint density at radius 3 is 2.80 bits per heavy atom. The third kappa shape index (κ3) is 4.17. The summed E-state index contributed by atoms with van der Waals surface area (Å²) in [5.41, 5.74) is 5.65. The van der Waals surface area contributed by atoms with Crippen LogP contribution in [0.2, 0.25) is 0 Å². The van der Waals surface area contributed by atoms with E-state index in [1.54, 1.807) is 6.08 Å². The van der Waals surface area contributed by atoms with Gasteiger partial charge in [0.25, 0.3) is 0 Å². The van der Waals surface area contributed by atoms with Gasteiger partial charge >= 0.3 is 0 Å². The maximum atomic E-state index is 12.1. The Labute approximate surface area is 123 Å². The largest absolute Gasteiger partial charge is 0.382 e. The van der Waals surface area contributed by atoms with Gasteiger partial charge in [0.05, 0.1) is 13.2 Å². The van der Waals surface area contributed by atoms with Gasteiger partial charge in [-0.2, -0.15) is 4.37 Å². The summed E-state index contributed by atoms with van der Waals surface area (Å²) in [7, 11) is -0.701. The topological polar surface area (TPSA) is 97.5 Å². The number of sulfonamides is 1. The second-order valence-electron chi connectivity index (χ2n) is 4.13. The first-order chi connectivity index (χ1) is 9.41. The van der Waals surface area contributed by atoms with Crippen LogP contribution in [0.15, 0.2) is 17.6 Å². The fourth-order valence-corrected chi connectivity index (χ4v) is 3.45. The number of nitrogen functional groups attached to an aromatic ring is 1. The zero-order valence-electron chi connectivity index (χ0n) is 11.6. The third-order valence-electron chi connectivity index (χ3n) is 2.41. The van der Waals surface area contributed by atoms with Gasteiger partial charge in [-0.05, 0) is 18.0 Å². The molecule has 3 N–H and O–H groups in total. The highest BCUT2D eigenvalue weighted by atomic mass is 32.2. The SMILES string of the molecule is C=CCCOCCNc1snc(N)c1S(=O)(=O)N(C)C. The van der Waals surface area contributed by atoms with Crippen LogP contribution in [0.1, 0.15) is 6.42 Å². The van der Waals surface area contributed by atoms with Crippen molar-refractivity contribution in [1.29, 1.82) is 0 Å². The second-order valence-corrected chi connectivity index (χ2v) is 6.99. The summed E-state index contributed by atoms with van der Waals surface area (Å²) in [6.45, 7) is 5.14. The van der Waals surface area contributed by atoms with E-state index in [0.29, 0.717) is 24.8 Å². The van der Waals surface area contributed by atoms with E-state index < -0.39 is 10.0 Å². The molecule has 114 valence electrons. The molecule has 1 aromatic rings. The fourth-order valence-electron chi connectivity index (χ4n) is 1.34. The van der Waals surface area contributed by atoms with Crippen LogP contribution < -0.4 is 11.1 Å². The highest BCUT2D eigenvalue weighted by molar-refractivity contribution is 7.89. The minimum Gasteiger partial charge on any atom is -0.382 e. The number of nitrogens with two attached hydrogens (primary N) is 1. The molecule has 0 unspecified atom stereocenters. The molecular weight excluding hydrogens is 300 g/mol. The number of aromatic nitrogens is 1. The van der Waals surface area contributed by atoms with Crippen molar-refractivity contribution in [2.24, 2.45) is 0 Å². The summed E-state index contributed by atoms with van der Waals surface area (Å²) in [4.78, 5) is 0.0265. The van der Waals surface area contributed by atoms with E-state index >= 15 is 0 Å². The molecule has 0 aliphatic carbocycles. The maximum Gasteiger partial charge on any atom is 0.249 e. The number of ether oxygens (including phenoxy) is 1. The molecule has 0 bridgehead atoms. The molecule has 0 fully saturated rings. The monoisotopic (exact) mass is 320 g/mol. The van der Waals surface area contributed by atoms with E-state index in [1.165, 1.54) is 14.1 Å². The minimum atomic E-state index is -3.61. The summed E-state index contributed by atoms with van der Waals surface area (Å²) in [6.07, 6.45) is 2.56. The van der Waals surface area contributed by atoms with Crippen molar-refractivity contribution in [1.82, 2.24) is 8.68 Å². The Bertz CT molecular complexity index is 540. The van der Waals surface area contributed by atoms with Crippen molar-refractivity contribution < 1.29 is 13.2 Å². The Hall–Kier alpha value is -1.16. The van der Waals surface area contributed by atoms with Crippen LogP contribution in [0.25, 0.3) is 0 Å². The van der Waals surface area contributed by atoms with Gasteiger partial charge in [0.2, 0.25) is 10.0 Å². The van der Waals surface area contributed by atoms with Gasteiger partial charge in [-0.15, -0.1) is 6.58 Å². The van der Waals surface area contributed by atoms with Crippen LogP contribution in [-0.2, 0) is 14.8 Å². The van der Waals surface area contributed by atoms with Crippen LogP contribution in [-0.4, -0.2) is 51.0 Å². The highest BCUT2D eigenvalue weighted by Gasteiger charge is 2.27. The summed E-state index contributed by atoms with van der Waals surface area (Å²) in [6, 6.07) is 0. The lowest BCUT2D eigenvalue weighted by atomic mass is 10.4. The molecular formula is C11H20N4O3S2. The van der Waals surface area contributed by atoms with Gasteiger partial charge in [-0.3, -0.25) is 0 Å². The Kier molecular flexibility index (Phi) is 6.40. The Balaban J connectivity index is 2.66. The Morgan fingerprint density at radius 1 is 1.50 bits per heavy atom. The average Bonchev–Trinajstić information content (AvgIpc) is 2.75. The summed E-state index contributed by atoms with van der Waals surface area (Å²) in [5, 5.41) is 3.43. The van der Waals surface area contributed by atoms with Crippen LogP contribution >= 0.6 is 11.5 Å². The number of anilines is 2. The smallest absolute Gasteiger partial charge is 0.249 e. The van der Waals surface area contributed by atoms with Crippen molar-refractivity contribution in [3.63, 3.8) is 0 Å². The van der Waals surface area contributed by atoms with Gasteiger partial charge in [-0.1, -0.05) is 6.08 Å². The van der Waals surface area contributed by atoms with E-state index in [9.17, 15) is 8.42 Å². The third-order valence-corrected chi connectivity index (χ3v) is 5.25. The predicted octanol–water partition coefficient (Wildman–Crippen LogP) is 0.980. The summed E-state index contributed by atoms with van der Waals surface area (Å²) < 4.78 is 34.6. The summed E-state index contributed by atoms with van der Waals surface area (Å²) >= 11 is 1.03. The number of nitrogens with zero attached hydrogens (tertiary/aromatic N) is 2. The first kappa shape index (κ1) is 16.9. The van der Waals surface area contributed by atoms with Crippen molar-refractivity contribution in [2.75, 3.05) is 44.9 Å². The van der Waals surface area contributed by atoms with Crippen LogP contribution in [0, 0.1) is 0 Å². The standard InChI is InChI=1S/C11H20N4O3S2/c1-4-5-7-18-8-6-13-11-9(10(12)14-19-11)20(16,17)15(2)3/h4,13H,1,5-8H2,2-3H3,(H2,12,14). The number of rotatable bonds is 9. The lowest BCUT2D eigenvalue weighted by Gasteiger charge is -2.12. The van der Waals surface area contributed by atoms with Crippen molar-refractivity contribution in [3.8, 4) is 0 Å². The molecule has 0 amide bonds. The number of hydrogen-bond acceptors (Lipinski definition) is 7. The molecule has 1 aromatic heterocycles. The molecule has 0 atom stereocenters. The number of hydrogen-bond donors (Lipinski definition) is 2. The number of nitrogens with one attached hydrogen (secondary N) is 1. The van der Waals surface area contributed by atoms with Crippen LogP contribution in [0.5, 0.6) is 0 Å². The van der Waals surface area contributed by atoms with Crippen molar-refractivity contribution in [3.05, 3.63) is 12.7 Å². The van der Waals surface area contributed by atoms with Gasteiger partial charge < -0.3 is 15.8 Å². The van der Waals surface area contributed by atoms with Gasteiger partial charge in [0.1, 0.15) is 5.00 Å². The zero-order valence-corrected chi connectivity index (χ0v) is 13.3. The average molecular weight is 320 g/mol. The first-order valence-electron chi connectivity index (χ1n) is 6.01. The molecule has 0 aliphatic heterocycles. The molecule has 0 aliphatic rings. The van der Waals surface area contributed by atoms with Crippen molar-refractivity contribution >= 4 is 32.4 Å². The summed E-state index contributed by atoms with van der Waals surface area (Å²) in [5.74, 6) is 0.0128. The predicted molar refractivity (Wildman–Crippen MR) is 81.5 cm³/mol. The molecule has 0 aromatic carbocycles. The molecule has 0 radical (unpaired) electrons. The van der Waals surface area contributed by atoms with E-state index in [-0.39, 0.29) is 10.7 Å². The molecule has 1 rings (SSSR count). The van der Waals surface area contributed by atoms with Gasteiger partial charge in [-0.25, -0.2) is 12.7 Å². The van der Waals surface area contributed by atoms with E-state index in [1.807, 2.05) is 0 Å². The second kappa shape index (κ2) is 7.58. The normalized spacial score (nSPS) is 11.8. The van der Waals surface area contributed by atoms with Gasteiger partial charge in [0.15, 0.2) is 10.7 Å². The van der Waals surface area contributed by atoms with Crippen molar-refractivity contribution in [2.45, 2.75) is 11.3 Å². The Morgan fingerprint density at radius 2 is 2.20 bits per heavy atom. The van der Waals surface area contributed by atoms with Crippen LogP contribution in [0.4, 0.5) is 10.8 Å². The maximum absolute atomic E-state index is 12.1. The molecule has 20 heavy (non-hydrogen) atoms. The first-order valence-corrected chi connectivity index (χ1v) is 8.22. The lowest BCUT2D eigenvalue weighted by molar-refractivity contribution is 0.149. The van der Waals surface area contributed by atoms with E-state index in [4.69, 9.17) is 10.5 Å². The molecule has 1 heterocycles. The molecule has 0 saturated carbocycles. The van der Waals surface area contributed by atoms with E-state index in [2.05, 4.69) is 16.3 Å². The minimum absolute atomic E-state index is 0.0128. The quantitative estimate of drug-likeness (QED) is 0.520. The van der Waals surface area contributed by atoms with Gasteiger partial charge in [0, 0.05) is 20.6 Å². The molecule has 0 saturated heterocycles. The fraction of sp³-hybridized carbons (Fsp3) is 0.545. The van der Waals surface area contributed by atoms with E-state index in [0.717, 1.165) is 22.3 Å². The van der Waals surface area contributed by atoms with Crippen LogP contribution in [0.3, 0.4) is 0 Å². The molecule has 7 nitrogen and oxygen atoms in total. The zero-order chi connectivity index (χ0) is 15.2.